The molecule has 1 amide bonds. The molecule has 4 rings (SSSR count). The summed E-state index contributed by atoms with van der Waals surface area (Å²) in [5, 5.41) is 8.58. The molecule has 0 aliphatic heterocycles. The van der Waals surface area contributed by atoms with Gasteiger partial charge in [0.25, 0.3) is 5.56 Å². The van der Waals surface area contributed by atoms with Crippen LogP contribution in [0.1, 0.15) is 49.2 Å². The molecule has 0 atom stereocenters. The smallest absolute Gasteiger partial charge is 0.263 e. The van der Waals surface area contributed by atoms with Crippen molar-refractivity contribution in [1.82, 2.24) is 19.3 Å². The maximum Gasteiger partial charge on any atom is 0.263 e. The predicted molar refractivity (Wildman–Crippen MR) is 127 cm³/mol. The second kappa shape index (κ2) is 9.16. The van der Waals surface area contributed by atoms with E-state index in [2.05, 4.69) is 24.3 Å². The van der Waals surface area contributed by atoms with E-state index in [-0.39, 0.29) is 17.2 Å². The molecule has 0 radical (unpaired) electrons. The highest BCUT2D eigenvalue weighted by atomic mass is 32.2. The van der Waals surface area contributed by atoms with Gasteiger partial charge in [-0.15, -0.1) is 11.3 Å². The molecule has 0 aromatic carbocycles. The summed E-state index contributed by atoms with van der Waals surface area (Å²) in [7, 11) is 1.80. The second-order valence-electron chi connectivity index (χ2n) is 8.56. The normalized spacial score (nSPS) is 13.7. The lowest BCUT2D eigenvalue weighted by Gasteiger charge is -2.14. The highest BCUT2D eigenvalue weighted by molar-refractivity contribution is 7.99. The van der Waals surface area contributed by atoms with E-state index < -0.39 is 0 Å². The van der Waals surface area contributed by atoms with E-state index in [9.17, 15) is 9.59 Å². The van der Waals surface area contributed by atoms with Gasteiger partial charge in [0.15, 0.2) is 5.16 Å². The van der Waals surface area contributed by atoms with E-state index in [1.54, 1.807) is 27.6 Å². The molecule has 1 N–H and O–H groups in total. The van der Waals surface area contributed by atoms with Gasteiger partial charge in [-0.05, 0) is 50.5 Å². The highest BCUT2D eigenvalue weighted by Crippen LogP contribution is 2.34. The Balaban J connectivity index is 1.62. The molecule has 3 heterocycles. The van der Waals surface area contributed by atoms with Gasteiger partial charge in [-0.3, -0.25) is 18.8 Å². The second-order valence-corrected chi connectivity index (χ2v) is 10.6. The van der Waals surface area contributed by atoms with Crippen molar-refractivity contribution in [3.8, 4) is 0 Å². The number of nitrogens with zero attached hydrogens (tertiary/aromatic N) is 4. The maximum absolute atomic E-state index is 13.5. The first kappa shape index (κ1) is 22.1. The van der Waals surface area contributed by atoms with Gasteiger partial charge in [0, 0.05) is 24.5 Å². The van der Waals surface area contributed by atoms with Crippen LogP contribution in [0.5, 0.6) is 0 Å². The Morgan fingerprint density at radius 3 is 2.81 bits per heavy atom. The Bertz CT molecular complexity index is 1170. The highest BCUT2D eigenvalue weighted by Gasteiger charge is 2.22. The molecular weight excluding hydrogens is 430 g/mol. The summed E-state index contributed by atoms with van der Waals surface area (Å²) in [6, 6.07) is 1.83. The molecule has 0 saturated heterocycles. The first-order valence-corrected chi connectivity index (χ1v) is 12.6. The number of anilines is 1. The van der Waals surface area contributed by atoms with E-state index in [4.69, 9.17) is 4.98 Å². The summed E-state index contributed by atoms with van der Waals surface area (Å²) in [5.41, 5.74) is 2.11. The minimum absolute atomic E-state index is 0.0511. The zero-order valence-electron chi connectivity index (χ0n) is 18.5. The monoisotopic (exact) mass is 459 g/mol. The largest absolute Gasteiger partial charge is 0.310 e. The van der Waals surface area contributed by atoms with Crippen molar-refractivity contribution in [3.05, 3.63) is 32.6 Å². The van der Waals surface area contributed by atoms with Gasteiger partial charge in [0.2, 0.25) is 5.91 Å². The molecule has 0 fully saturated rings. The lowest BCUT2D eigenvalue weighted by atomic mass is 9.97. The lowest BCUT2D eigenvalue weighted by Crippen LogP contribution is -2.25. The number of rotatable bonds is 7. The van der Waals surface area contributed by atoms with Gasteiger partial charge in [-0.2, -0.15) is 5.10 Å². The van der Waals surface area contributed by atoms with Crippen LogP contribution in [0.2, 0.25) is 0 Å². The Morgan fingerprint density at radius 2 is 2.10 bits per heavy atom. The van der Waals surface area contributed by atoms with Crippen LogP contribution in [-0.4, -0.2) is 31.0 Å². The average Bonchev–Trinajstić information content (AvgIpc) is 3.24. The van der Waals surface area contributed by atoms with Crippen molar-refractivity contribution in [3.63, 3.8) is 0 Å². The van der Waals surface area contributed by atoms with E-state index in [0.29, 0.717) is 23.4 Å². The molecule has 0 unspecified atom stereocenters. The molecule has 3 aromatic rings. The summed E-state index contributed by atoms with van der Waals surface area (Å²) in [5.74, 6) is 1.20. The zero-order chi connectivity index (χ0) is 22.1. The van der Waals surface area contributed by atoms with Crippen molar-refractivity contribution >= 4 is 45.0 Å². The zero-order valence-corrected chi connectivity index (χ0v) is 20.2. The van der Waals surface area contributed by atoms with Crippen molar-refractivity contribution in [2.45, 2.75) is 64.6 Å². The van der Waals surface area contributed by atoms with Gasteiger partial charge in [0.1, 0.15) is 10.6 Å². The number of fused-ring (bicyclic) bond motifs is 3. The molecule has 0 bridgehead atoms. The van der Waals surface area contributed by atoms with Crippen LogP contribution in [0, 0.1) is 12.8 Å². The number of carbonyl (C=O) groups is 1. The molecule has 3 aromatic heterocycles. The summed E-state index contributed by atoms with van der Waals surface area (Å²) in [6.45, 7) is 6.81. The predicted octanol–water partition coefficient (Wildman–Crippen LogP) is 4.16. The SMILES string of the molecule is Cc1cc(NC(=O)CSc2nc3sc4c(c3c(=O)n2CCC(C)C)CCCC4)n(C)n1. The van der Waals surface area contributed by atoms with Crippen LogP contribution in [0.15, 0.2) is 16.0 Å². The third-order valence-electron chi connectivity index (χ3n) is 5.57. The molecule has 1 aliphatic rings. The lowest BCUT2D eigenvalue weighted by molar-refractivity contribution is -0.113. The molecule has 7 nitrogen and oxygen atoms in total. The van der Waals surface area contributed by atoms with Gasteiger partial charge in [-0.25, -0.2) is 4.98 Å². The number of thioether (sulfide) groups is 1. The van der Waals surface area contributed by atoms with Crippen molar-refractivity contribution in [1.29, 1.82) is 0 Å². The van der Waals surface area contributed by atoms with E-state index in [0.717, 1.165) is 41.6 Å². The van der Waals surface area contributed by atoms with Gasteiger partial charge in [-0.1, -0.05) is 25.6 Å². The molecular formula is C22H29N5O2S2. The Labute approximate surface area is 190 Å². The van der Waals surface area contributed by atoms with E-state index >= 15 is 0 Å². The molecule has 0 spiro atoms. The Kier molecular flexibility index (Phi) is 6.52. The molecule has 166 valence electrons. The van der Waals surface area contributed by atoms with Gasteiger partial charge < -0.3 is 5.32 Å². The van der Waals surface area contributed by atoms with E-state index in [1.807, 2.05) is 13.0 Å². The van der Waals surface area contributed by atoms with Crippen LogP contribution in [0.4, 0.5) is 5.82 Å². The number of thiophene rings is 1. The standard InChI is InChI=1S/C22H29N5O2S2/c1-13(2)9-10-27-21(29)19-15-7-5-6-8-16(15)31-20(19)24-22(27)30-12-18(28)23-17-11-14(3)25-26(17)4/h11,13H,5-10,12H2,1-4H3,(H,23,28). The third kappa shape index (κ3) is 4.72. The Hall–Kier alpha value is -2.13. The number of hydrogen-bond donors (Lipinski definition) is 1. The van der Waals surface area contributed by atoms with E-state index in [1.165, 1.54) is 28.6 Å². The Morgan fingerprint density at radius 1 is 1.32 bits per heavy atom. The van der Waals surface area contributed by atoms with Crippen LogP contribution < -0.4 is 10.9 Å². The molecule has 0 saturated carbocycles. The summed E-state index contributed by atoms with van der Waals surface area (Å²) < 4.78 is 3.44. The first-order chi connectivity index (χ1) is 14.8. The first-order valence-electron chi connectivity index (χ1n) is 10.8. The van der Waals surface area contributed by atoms with Crippen molar-refractivity contribution in [2.75, 3.05) is 11.1 Å². The topological polar surface area (TPSA) is 81.8 Å². The van der Waals surface area contributed by atoms with Crippen LogP contribution in [0.25, 0.3) is 10.2 Å². The third-order valence-corrected chi connectivity index (χ3v) is 7.73. The fourth-order valence-corrected chi connectivity index (χ4v) is 6.08. The van der Waals surface area contributed by atoms with Crippen LogP contribution >= 0.6 is 23.1 Å². The minimum Gasteiger partial charge on any atom is -0.310 e. The van der Waals surface area contributed by atoms with Crippen molar-refractivity contribution < 1.29 is 4.79 Å². The number of amides is 1. The number of aryl methyl sites for hydroxylation is 4. The van der Waals surface area contributed by atoms with Crippen LogP contribution in [0.3, 0.4) is 0 Å². The maximum atomic E-state index is 13.5. The average molecular weight is 460 g/mol. The fraction of sp³-hybridized carbons (Fsp3) is 0.545. The molecule has 9 heteroatoms. The number of aromatic nitrogens is 4. The fourth-order valence-electron chi connectivity index (χ4n) is 3.95. The molecule has 1 aliphatic carbocycles. The molecule has 31 heavy (non-hydrogen) atoms. The van der Waals surface area contributed by atoms with Crippen LogP contribution in [-0.2, 0) is 31.2 Å². The quantitative estimate of drug-likeness (QED) is 0.424. The van der Waals surface area contributed by atoms with Crippen molar-refractivity contribution in [2.24, 2.45) is 13.0 Å². The number of carbonyl (C=O) groups excluding carboxylic acids is 1. The van der Waals surface area contributed by atoms with Gasteiger partial charge >= 0.3 is 0 Å². The number of hydrogen-bond acceptors (Lipinski definition) is 6. The summed E-state index contributed by atoms with van der Waals surface area (Å²) in [6.07, 6.45) is 5.21. The summed E-state index contributed by atoms with van der Waals surface area (Å²) in [4.78, 5) is 33.0. The minimum atomic E-state index is -0.136. The number of nitrogens with one attached hydrogen (secondary N) is 1. The summed E-state index contributed by atoms with van der Waals surface area (Å²) >= 11 is 2.98. The van der Waals surface area contributed by atoms with Gasteiger partial charge in [0.05, 0.1) is 16.8 Å².